The van der Waals surface area contributed by atoms with Gasteiger partial charge >= 0.3 is 0 Å². The number of benzene rings is 1. The van der Waals surface area contributed by atoms with Crippen LogP contribution in [0.1, 0.15) is 51.1 Å². The van der Waals surface area contributed by atoms with Crippen LogP contribution in [0.2, 0.25) is 0 Å². The van der Waals surface area contributed by atoms with Gasteiger partial charge in [-0.15, -0.1) is 0 Å². The molecule has 1 fully saturated rings. The zero-order valence-corrected chi connectivity index (χ0v) is 12.7. The first-order valence-electron chi connectivity index (χ1n) is 7.93. The highest BCUT2D eigenvalue weighted by atomic mass is 19.1. The Balaban J connectivity index is 1.86. The van der Waals surface area contributed by atoms with Gasteiger partial charge in [0.25, 0.3) is 0 Å². The van der Waals surface area contributed by atoms with Crippen molar-refractivity contribution in [2.24, 2.45) is 0 Å². The maximum Gasteiger partial charge on any atom is 0.123 e. The number of nitrogens with one attached hydrogen (secondary N) is 1. The van der Waals surface area contributed by atoms with Gasteiger partial charge in [-0.1, -0.05) is 25.5 Å². The summed E-state index contributed by atoms with van der Waals surface area (Å²) in [4.78, 5) is 2.55. The van der Waals surface area contributed by atoms with E-state index in [-0.39, 0.29) is 5.82 Å². The summed E-state index contributed by atoms with van der Waals surface area (Å²) in [6.45, 7) is 8.01. The molecule has 0 aromatic heterocycles. The van der Waals surface area contributed by atoms with Crippen molar-refractivity contribution in [2.45, 2.75) is 51.6 Å². The lowest BCUT2D eigenvalue weighted by Crippen LogP contribution is -2.42. The van der Waals surface area contributed by atoms with Crippen molar-refractivity contribution >= 4 is 0 Å². The highest BCUT2D eigenvalue weighted by Crippen LogP contribution is 2.18. The molecule has 20 heavy (non-hydrogen) atoms. The fraction of sp³-hybridized carbons (Fsp3) is 0.647. The Labute approximate surface area is 122 Å². The minimum Gasteiger partial charge on any atom is -0.306 e. The van der Waals surface area contributed by atoms with Crippen LogP contribution in [0.3, 0.4) is 0 Å². The second-order valence-electron chi connectivity index (χ2n) is 5.94. The summed E-state index contributed by atoms with van der Waals surface area (Å²) in [5, 5.41) is 3.69. The fourth-order valence-electron chi connectivity index (χ4n) is 3.07. The summed E-state index contributed by atoms with van der Waals surface area (Å²) in [7, 11) is 0. The van der Waals surface area contributed by atoms with Crippen molar-refractivity contribution in [3.05, 3.63) is 35.6 Å². The maximum absolute atomic E-state index is 13.0. The van der Waals surface area contributed by atoms with E-state index in [4.69, 9.17) is 0 Å². The molecule has 1 N–H and O–H groups in total. The number of hydrogen-bond donors (Lipinski definition) is 1. The first-order valence-corrected chi connectivity index (χ1v) is 7.93. The smallest absolute Gasteiger partial charge is 0.123 e. The number of piperidine rings is 1. The van der Waals surface area contributed by atoms with Crippen molar-refractivity contribution < 1.29 is 4.39 Å². The Bertz CT molecular complexity index is 384. The molecule has 2 unspecified atom stereocenters. The van der Waals surface area contributed by atoms with Crippen LogP contribution in [0.25, 0.3) is 0 Å². The highest BCUT2D eigenvalue weighted by molar-refractivity contribution is 5.19. The van der Waals surface area contributed by atoms with Crippen LogP contribution in [-0.4, -0.2) is 30.6 Å². The van der Waals surface area contributed by atoms with E-state index in [0.717, 1.165) is 13.0 Å². The van der Waals surface area contributed by atoms with Crippen LogP contribution >= 0.6 is 0 Å². The lowest BCUT2D eigenvalue weighted by Gasteiger charge is -2.31. The van der Waals surface area contributed by atoms with Gasteiger partial charge in [0.1, 0.15) is 5.82 Å². The fourth-order valence-corrected chi connectivity index (χ4v) is 3.07. The second kappa shape index (κ2) is 7.75. The van der Waals surface area contributed by atoms with E-state index in [1.54, 1.807) is 12.1 Å². The van der Waals surface area contributed by atoms with Gasteiger partial charge in [0.15, 0.2) is 0 Å². The molecule has 0 amide bonds. The molecule has 1 aliphatic rings. The Hall–Kier alpha value is -0.930. The minimum atomic E-state index is -0.162. The molecule has 0 radical (unpaired) electrons. The molecule has 0 aliphatic carbocycles. The molecule has 1 aromatic carbocycles. The van der Waals surface area contributed by atoms with Crippen molar-refractivity contribution in [3.63, 3.8) is 0 Å². The van der Waals surface area contributed by atoms with E-state index >= 15 is 0 Å². The van der Waals surface area contributed by atoms with E-state index in [0.29, 0.717) is 12.1 Å². The van der Waals surface area contributed by atoms with E-state index in [9.17, 15) is 4.39 Å². The monoisotopic (exact) mass is 278 g/mol. The Morgan fingerprint density at radius 3 is 2.40 bits per heavy atom. The summed E-state index contributed by atoms with van der Waals surface area (Å²) < 4.78 is 13.0. The normalized spacial score (nSPS) is 19.8. The lowest BCUT2D eigenvalue weighted by molar-refractivity contribution is 0.203. The molecule has 1 aromatic rings. The molecule has 1 aliphatic heterocycles. The van der Waals surface area contributed by atoms with Crippen molar-refractivity contribution in [2.75, 3.05) is 19.6 Å². The molecular formula is C17H27FN2. The van der Waals surface area contributed by atoms with Gasteiger partial charge in [0.2, 0.25) is 0 Å². The molecule has 1 heterocycles. The van der Waals surface area contributed by atoms with E-state index < -0.39 is 0 Å². The molecule has 0 spiro atoms. The van der Waals surface area contributed by atoms with Crippen molar-refractivity contribution in [3.8, 4) is 0 Å². The molecule has 2 rings (SSSR count). The third kappa shape index (κ3) is 4.57. The molecule has 0 saturated carbocycles. The zero-order valence-electron chi connectivity index (χ0n) is 12.7. The first kappa shape index (κ1) is 15.5. The summed E-state index contributed by atoms with van der Waals surface area (Å²) in [5.41, 5.74) is 1.18. The number of rotatable bonds is 6. The first-order chi connectivity index (χ1) is 9.69. The highest BCUT2D eigenvalue weighted by Gasteiger charge is 2.16. The van der Waals surface area contributed by atoms with Gasteiger partial charge in [0, 0.05) is 18.6 Å². The molecule has 3 heteroatoms. The molecule has 1 saturated heterocycles. The summed E-state index contributed by atoms with van der Waals surface area (Å²) >= 11 is 0. The van der Waals surface area contributed by atoms with E-state index in [1.807, 2.05) is 12.1 Å². The van der Waals surface area contributed by atoms with Crippen LogP contribution in [0.4, 0.5) is 4.39 Å². The van der Waals surface area contributed by atoms with Crippen molar-refractivity contribution in [1.82, 2.24) is 10.2 Å². The average molecular weight is 278 g/mol. The quantitative estimate of drug-likeness (QED) is 0.852. The van der Waals surface area contributed by atoms with Gasteiger partial charge in [0.05, 0.1) is 0 Å². The summed E-state index contributed by atoms with van der Waals surface area (Å²) in [6, 6.07) is 7.66. The van der Waals surface area contributed by atoms with Crippen LogP contribution in [0, 0.1) is 5.82 Å². The predicted octanol–water partition coefficient (Wildman–Crippen LogP) is 3.74. The van der Waals surface area contributed by atoms with Crippen LogP contribution in [-0.2, 0) is 0 Å². The third-order valence-corrected chi connectivity index (χ3v) is 4.15. The molecule has 112 valence electrons. The van der Waals surface area contributed by atoms with Gasteiger partial charge in [-0.05, 0) is 57.0 Å². The zero-order chi connectivity index (χ0) is 14.4. The lowest BCUT2D eigenvalue weighted by atomic mass is 10.0. The SMILES string of the molecule is CCC(NC(C)CN1CCCCC1)c1ccc(F)cc1. The van der Waals surface area contributed by atoms with Gasteiger partial charge < -0.3 is 10.2 Å². The number of nitrogens with zero attached hydrogens (tertiary/aromatic N) is 1. The Morgan fingerprint density at radius 1 is 1.15 bits per heavy atom. The molecular weight excluding hydrogens is 251 g/mol. The van der Waals surface area contributed by atoms with E-state index in [2.05, 4.69) is 24.1 Å². The average Bonchev–Trinajstić information content (AvgIpc) is 2.47. The van der Waals surface area contributed by atoms with Gasteiger partial charge in [-0.3, -0.25) is 0 Å². The number of hydrogen-bond acceptors (Lipinski definition) is 2. The largest absolute Gasteiger partial charge is 0.306 e. The molecule has 2 nitrogen and oxygen atoms in total. The third-order valence-electron chi connectivity index (χ3n) is 4.15. The van der Waals surface area contributed by atoms with Gasteiger partial charge in [-0.2, -0.15) is 0 Å². The van der Waals surface area contributed by atoms with Crippen molar-refractivity contribution in [1.29, 1.82) is 0 Å². The number of likely N-dealkylation sites (tertiary alicyclic amines) is 1. The summed E-state index contributed by atoms with van der Waals surface area (Å²) in [6.07, 6.45) is 5.07. The number of halogens is 1. The van der Waals surface area contributed by atoms with E-state index in [1.165, 1.54) is 37.9 Å². The standard InChI is InChI=1S/C17H27FN2/c1-3-17(15-7-9-16(18)10-8-15)19-14(2)13-20-11-5-4-6-12-20/h7-10,14,17,19H,3-6,11-13H2,1-2H3. The maximum atomic E-state index is 13.0. The Morgan fingerprint density at radius 2 is 1.80 bits per heavy atom. The van der Waals surface area contributed by atoms with Gasteiger partial charge in [-0.25, -0.2) is 4.39 Å². The van der Waals surface area contributed by atoms with Crippen LogP contribution in [0.15, 0.2) is 24.3 Å². The summed E-state index contributed by atoms with van der Waals surface area (Å²) in [5.74, 6) is -0.162. The Kier molecular flexibility index (Phi) is 5.99. The second-order valence-corrected chi connectivity index (χ2v) is 5.94. The minimum absolute atomic E-state index is 0.162. The van der Waals surface area contributed by atoms with Crippen LogP contribution in [0.5, 0.6) is 0 Å². The van der Waals surface area contributed by atoms with Crippen LogP contribution < -0.4 is 5.32 Å². The topological polar surface area (TPSA) is 15.3 Å². The predicted molar refractivity (Wildman–Crippen MR) is 82.3 cm³/mol. The molecule has 2 atom stereocenters. The molecule has 0 bridgehead atoms.